The SMILES string of the molecule is C#CCC(CC)NC1CCSC1. The third kappa shape index (κ3) is 3.08. The van der Waals surface area contributed by atoms with Gasteiger partial charge in [0.15, 0.2) is 0 Å². The Hall–Kier alpha value is -0.130. The van der Waals surface area contributed by atoms with Gasteiger partial charge < -0.3 is 5.32 Å². The first-order valence-electron chi connectivity index (χ1n) is 4.64. The molecule has 0 bridgehead atoms. The number of terminal acetylenes is 1. The highest BCUT2D eigenvalue weighted by Crippen LogP contribution is 2.18. The lowest BCUT2D eigenvalue weighted by molar-refractivity contribution is 0.444. The number of thioether (sulfide) groups is 1. The van der Waals surface area contributed by atoms with Gasteiger partial charge in [0.05, 0.1) is 0 Å². The lowest BCUT2D eigenvalue weighted by Crippen LogP contribution is -2.37. The topological polar surface area (TPSA) is 12.0 Å². The van der Waals surface area contributed by atoms with Gasteiger partial charge in [-0.25, -0.2) is 0 Å². The van der Waals surface area contributed by atoms with E-state index in [9.17, 15) is 0 Å². The lowest BCUT2D eigenvalue weighted by atomic mass is 10.1. The van der Waals surface area contributed by atoms with Gasteiger partial charge >= 0.3 is 0 Å². The molecule has 1 aliphatic rings. The van der Waals surface area contributed by atoms with Crippen LogP contribution in [-0.2, 0) is 0 Å². The molecule has 1 aliphatic heterocycles. The molecule has 2 atom stereocenters. The average molecular weight is 183 g/mol. The van der Waals surface area contributed by atoms with Gasteiger partial charge in [0.25, 0.3) is 0 Å². The Morgan fingerprint density at radius 3 is 3.08 bits per heavy atom. The molecule has 0 amide bonds. The van der Waals surface area contributed by atoms with Crippen LogP contribution in [0.1, 0.15) is 26.2 Å². The Morgan fingerprint density at radius 1 is 1.75 bits per heavy atom. The minimum atomic E-state index is 0.540. The van der Waals surface area contributed by atoms with Crippen LogP contribution in [0.15, 0.2) is 0 Å². The molecule has 0 radical (unpaired) electrons. The van der Waals surface area contributed by atoms with Crippen LogP contribution in [0.2, 0.25) is 0 Å². The molecule has 1 saturated heterocycles. The summed E-state index contributed by atoms with van der Waals surface area (Å²) in [5, 5.41) is 3.60. The molecule has 0 aromatic heterocycles. The normalized spacial score (nSPS) is 25.2. The summed E-state index contributed by atoms with van der Waals surface area (Å²) in [6.45, 7) is 2.19. The smallest absolute Gasteiger partial charge is 0.0240 e. The molecule has 0 spiro atoms. The van der Waals surface area contributed by atoms with Crippen molar-refractivity contribution in [2.24, 2.45) is 0 Å². The summed E-state index contributed by atoms with van der Waals surface area (Å²) >= 11 is 2.04. The zero-order valence-electron chi connectivity index (χ0n) is 7.68. The minimum absolute atomic E-state index is 0.540. The van der Waals surface area contributed by atoms with Crippen LogP contribution in [-0.4, -0.2) is 23.6 Å². The van der Waals surface area contributed by atoms with E-state index in [2.05, 4.69) is 18.2 Å². The monoisotopic (exact) mass is 183 g/mol. The van der Waals surface area contributed by atoms with E-state index in [4.69, 9.17) is 6.42 Å². The molecule has 2 unspecified atom stereocenters. The number of hydrogen-bond donors (Lipinski definition) is 1. The van der Waals surface area contributed by atoms with Crippen LogP contribution in [0.3, 0.4) is 0 Å². The summed E-state index contributed by atoms with van der Waals surface area (Å²) in [5.41, 5.74) is 0. The highest BCUT2D eigenvalue weighted by Gasteiger charge is 2.17. The molecule has 1 fully saturated rings. The van der Waals surface area contributed by atoms with Crippen LogP contribution < -0.4 is 5.32 Å². The van der Waals surface area contributed by atoms with Gasteiger partial charge in [-0.3, -0.25) is 0 Å². The van der Waals surface area contributed by atoms with Crippen LogP contribution in [0.25, 0.3) is 0 Å². The first kappa shape index (κ1) is 9.95. The fourth-order valence-corrected chi connectivity index (χ4v) is 2.63. The fraction of sp³-hybridized carbons (Fsp3) is 0.800. The number of rotatable bonds is 4. The summed E-state index contributed by atoms with van der Waals surface area (Å²) in [6.07, 6.45) is 8.61. The maximum atomic E-state index is 5.28. The lowest BCUT2D eigenvalue weighted by Gasteiger charge is -2.18. The molecule has 1 heterocycles. The maximum Gasteiger partial charge on any atom is 0.0240 e. The molecule has 0 aliphatic carbocycles. The van der Waals surface area contributed by atoms with E-state index >= 15 is 0 Å². The quantitative estimate of drug-likeness (QED) is 0.668. The molecule has 1 nitrogen and oxygen atoms in total. The van der Waals surface area contributed by atoms with Crippen molar-refractivity contribution >= 4 is 11.8 Å². The Labute approximate surface area is 79.7 Å². The van der Waals surface area contributed by atoms with Gasteiger partial charge in [-0.1, -0.05) is 6.92 Å². The van der Waals surface area contributed by atoms with Crippen molar-refractivity contribution in [1.29, 1.82) is 0 Å². The molecule has 68 valence electrons. The fourth-order valence-electron chi connectivity index (χ4n) is 1.46. The Bertz CT molecular complexity index is 156. The second kappa shape index (κ2) is 5.50. The van der Waals surface area contributed by atoms with Gasteiger partial charge in [-0.2, -0.15) is 11.8 Å². The highest BCUT2D eigenvalue weighted by molar-refractivity contribution is 7.99. The molecule has 1 N–H and O–H groups in total. The highest BCUT2D eigenvalue weighted by atomic mass is 32.2. The summed E-state index contributed by atoms with van der Waals surface area (Å²) in [6, 6.07) is 1.26. The molecule has 0 aromatic rings. The number of hydrogen-bond acceptors (Lipinski definition) is 2. The number of nitrogens with one attached hydrogen (secondary N) is 1. The van der Waals surface area contributed by atoms with E-state index in [1.807, 2.05) is 11.8 Å². The van der Waals surface area contributed by atoms with Gasteiger partial charge in [0.2, 0.25) is 0 Å². The van der Waals surface area contributed by atoms with Crippen LogP contribution in [0, 0.1) is 12.3 Å². The van der Waals surface area contributed by atoms with E-state index in [0.717, 1.165) is 12.8 Å². The second-order valence-electron chi connectivity index (χ2n) is 3.24. The van der Waals surface area contributed by atoms with Crippen molar-refractivity contribution < 1.29 is 0 Å². The summed E-state index contributed by atoms with van der Waals surface area (Å²) in [7, 11) is 0. The predicted octanol–water partition coefficient (Wildman–Crippen LogP) is 1.88. The van der Waals surface area contributed by atoms with E-state index in [-0.39, 0.29) is 0 Å². The van der Waals surface area contributed by atoms with Gasteiger partial charge in [0, 0.05) is 24.3 Å². The van der Waals surface area contributed by atoms with Crippen LogP contribution in [0.4, 0.5) is 0 Å². The van der Waals surface area contributed by atoms with Crippen molar-refractivity contribution in [2.45, 2.75) is 38.3 Å². The minimum Gasteiger partial charge on any atom is -0.309 e. The molecule has 0 aromatic carbocycles. The Kier molecular flexibility index (Phi) is 4.57. The van der Waals surface area contributed by atoms with Gasteiger partial charge in [-0.15, -0.1) is 12.3 Å². The van der Waals surface area contributed by atoms with Gasteiger partial charge in [0.1, 0.15) is 0 Å². The molecular weight excluding hydrogens is 166 g/mol. The largest absolute Gasteiger partial charge is 0.309 e. The van der Waals surface area contributed by atoms with Crippen molar-refractivity contribution in [3.05, 3.63) is 0 Å². The van der Waals surface area contributed by atoms with Crippen molar-refractivity contribution in [3.8, 4) is 12.3 Å². The van der Waals surface area contributed by atoms with E-state index in [1.165, 1.54) is 17.9 Å². The first-order valence-corrected chi connectivity index (χ1v) is 5.79. The summed E-state index contributed by atoms with van der Waals surface area (Å²) < 4.78 is 0. The Morgan fingerprint density at radius 2 is 2.58 bits per heavy atom. The standard InChI is InChI=1S/C10H17NS/c1-3-5-9(4-2)11-10-6-7-12-8-10/h1,9-11H,4-8H2,2H3. The molecular formula is C10H17NS. The average Bonchev–Trinajstić information content (AvgIpc) is 2.56. The third-order valence-electron chi connectivity index (χ3n) is 2.26. The van der Waals surface area contributed by atoms with Crippen molar-refractivity contribution in [2.75, 3.05) is 11.5 Å². The van der Waals surface area contributed by atoms with E-state index < -0.39 is 0 Å². The molecule has 1 rings (SSSR count). The van der Waals surface area contributed by atoms with Gasteiger partial charge in [-0.05, 0) is 18.6 Å². The molecule has 2 heteroatoms. The van der Waals surface area contributed by atoms with Crippen LogP contribution >= 0.6 is 11.8 Å². The Balaban J connectivity index is 2.21. The zero-order valence-corrected chi connectivity index (χ0v) is 8.49. The maximum absolute atomic E-state index is 5.28. The first-order chi connectivity index (χ1) is 5.86. The second-order valence-corrected chi connectivity index (χ2v) is 4.39. The predicted molar refractivity (Wildman–Crippen MR) is 56.4 cm³/mol. The zero-order chi connectivity index (χ0) is 8.81. The third-order valence-corrected chi connectivity index (χ3v) is 3.42. The van der Waals surface area contributed by atoms with Crippen molar-refractivity contribution in [1.82, 2.24) is 5.32 Å². The molecule has 12 heavy (non-hydrogen) atoms. The van der Waals surface area contributed by atoms with Crippen molar-refractivity contribution in [3.63, 3.8) is 0 Å². The summed E-state index contributed by atoms with van der Waals surface area (Å²) in [5.74, 6) is 5.30. The summed E-state index contributed by atoms with van der Waals surface area (Å²) in [4.78, 5) is 0. The molecule has 0 saturated carbocycles. The van der Waals surface area contributed by atoms with E-state index in [0.29, 0.717) is 12.1 Å². The van der Waals surface area contributed by atoms with Crippen LogP contribution in [0.5, 0.6) is 0 Å². The van der Waals surface area contributed by atoms with E-state index in [1.54, 1.807) is 0 Å².